The number of fused-ring (bicyclic) bond motifs is 1. The normalized spacial score (nSPS) is 17.6. The van der Waals surface area contributed by atoms with E-state index in [2.05, 4.69) is 11.4 Å². The number of rotatable bonds is 3. The van der Waals surface area contributed by atoms with Gasteiger partial charge in [-0.05, 0) is 29.9 Å². The van der Waals surface area contributed by atoms with Crippen molar-refractivity contribution in [1.29, 1.82) is 0 Å². The van der Waals surface area contributed by atoms with Crippen molar-refractivity contribution in [2.45, 2.75) is 25.8 Å². The van der Waals surface area contributed by atoms with Gasteiger partial charge in [-0.3, -0.25) is 4.79 Å². The molecule has 0 bridgehead atoms. The van der Waals surface area contributed by atoms with E-state index < -0.39 is 5.97 Å². The minimum Gasteiger partial charge on any atom is -0.478 e. The van der Waals surface area contributed by atoms with Crippen molar-refractivity contribution in [2.75, 3.05) is 6.54 Å². The van der Waals surface area contributed by atoms with Gasteiger partial charge in [-0.2, -0.15) is 0 Å². The smallest absolute Gasteiger partial charge is 0.338 e. The molecule has 2 aromatic rings. The van der Waals surface area contributed by atoms with E-state index >= 15 is 0 Å². The zero-order chi connectivity index (χ0) is 15.0. The van der Waals surface area contributed by atoms with Crippen molar-refractivity contribution in [1.82, 2.24) is 4.90 Å². The van der Waals surface area contributed by atoms with Crippen LogP contribution in [0.15, 0.2) is 28.2 Å². The molecule has 0 aliphatic carbocycles. The Labute approximate surface area is 125 Å². The number of carbonyl (C=O) groups is 2. The van der Waals surface area contributed by atoms with Crippen LogP contribution in [0.25, 0.3) is 0 Å². The molecular formula is C15H15NO4S. The maximum Gasteiger partial charge on any atom is 0.338 e. The summed E-state index contributed by atoms with van der Waals surface area (Å²) in [6.07, 6.45) is 2.76. The van der Waals surface area contributed by atoms with E-state index in [-0.39, 0.29) is 23.3 Å². The monoisotopic (exact) mass is 305 g/mol. The molecule has 21 heavy (non-hydrogen) atoms. The van der Waals surface area contributed by atoms with Gasteiger partial charge in [0.15, 0.2) is 5.76 Å². The second-order valence-electron chi connectivity index (χ2n) is 4.98. The lowest BCUT2D eigenvalue weighted by molar-refractivity contribution is 0.0623. The fraction of sp³-hybridized carbons (Fsp3) is 0.333. The molecule has 0 radical (unpaired) electrons. The Balaban J connectivity index is 1.89. The third-order valence-corrected chi connectivity index (χ3v) is 4.80. The summed E-state index contributed by atoms with van der Waals surface area (Å²) in [5, 5.41) is 11.0. The van der Waals surface area contributed by atoms with Gasteiger partial charge in [0.2, 0.25) is 0 Å². The number of hydrogen-bond donors (Lipinski definition) is 1. The number of carboxylic acids is 1. The molecule has 2 aromatic heterocycles. The molecule has 1 aliphatic heterocycles. The summed E-state index contributed by atoms with van der Waals surface area (Å²) in [5.41, 5.74) is 1.20. The lowest BCUT2D eigenvalue weighted by Crippen LogP contribution is -2.39. The Morgan fingerprint density at radius 1 is 1.52 bits per heavy atom. The molecule has 6 heteroatoms. The van der Waals surface area contributed by atoms with Gasteiger partial charge in [-0.25, -0.2) is 4.79 Å². The van der Waals surface area contributed by atoms with Crippen LogP contribution in [-0.4, -0.2) is 28.4 Å². The first kappa shape index (κ1) is 13.9. The highest BCUT2D eigenvalue weighted by atomic mass is 32.1. The quantitative estimate of drug-likeness (QED) is 0.945. The predicted octanol–water partition coefficient (Wildman–Crippen LogP) is 3.19. The van der Waals surface area contributed by atoms with Crippen LogP contribution in [0.2, 0.25) is 0 Å². The van der Waals surface area contributed by atoms with E-state index in [0.717, 1.165) is 19.1 Å². The molecule has 0 fully saturated rings. The fourth-order valence-corrected chi connectivity index (χ4v) is 3.71. The topological polar surface area (TPSA) is 70.8 Å². The average Bonchev–Trinajstić information content (AvgIpc) is 3.13. The lowest BCUT2D eigenvalue weighted by Gasteiger charge is -2.34. The summed E-state index contributed by atoms with van der Waals surface area (Å²) in [6, 6.07) is 3.39. The third-order valence-electron chi connectivity index (χ3n) is 3.80. The van der Waals surface area contributed by atoms with E-state index in [9.17, 15) is 9.59 Å². The zero-order valence-electron chi connectivity index (χ0n) is 11.5. The molecule has 3 heterocycles. The number of nitrogens with zero attached hydrogens (tertiary/aromatic N) is 1. The number of carboxylic acid groups (broad SMARTS) is 1. The number of aromatic carboxylic acids is 1. The van der Waals surface area contributed by atoms with Gasteiger partial charge >= 0.3 is 5.97 Å². The first-order valence-electron chi connectivity index (χ1n) is 6.81. The highest BCUT2D eigenvalue weighted by Gasteiger charge is 2.32. The van der Waals surface area contributed by atoms with Crippen LogP contribution in [0.4, 0.5) is 0 Å². The number of furan rings is 1. The van der Waals surface area contributed by atoms with Gasteiger partial charge in [0.05, 0.1) is 11.6 Å². The first-order chi connectivity index (χ1) is 10.1. The molecule has 5 nitrogen and oxygen atoms in total. The van der Waals surface area contributed by atoms with Crippen molar-refractivity contribution in [3.8, 4) is 0 Å². The van der Waals surface area contributed by atoms with Crippen LogP contribution < -0.4 is 0 Å². The molecule has 110 valence electrons. The maximum absolute atomic E-state index is 12.6. The molecule has 0 spiro atoms. The molecule has 1 aliphatic rings. The van der Waals surface area contributed by atoms with Crippen molar-refractivity contribution in [3.63, 3.8) is 0 Å². The summed E-state index contributed by atoms with van der Waals surface area (Å²) < 4.78 is 5.13. The highest BCUT2D eigenvalue weighted by Crippen LogP contribution is 2.36. The zero-order valence-corrected chi connectivity index (χ0v) is 12.4. The molecule has 1 amide bonds. The van der Waals surface area contributed by atoms with E-state index in [4.69, 9.17) is 9.52 Å². The van der Waals surface area contributed by atoms with Gasteiger partial charge in [0.1, 0.15) is 6.26 Å². The number of carbonyl (C=O) groups excluding carboxylic acids is 1. The standard InChI is InChI=1S/C15H15NO4S/c1-2-11-10-4-6-21-13(10)3-5-16(11)14(17)12-7-9(8-20-12)15(18)19/h4,6-8,11H,2-3,5H2,1H3,(H,18,19). The summed E-state index contributed by atoms with van der Waals surface area (Å²) in [5.74, 6) is -1.25. The molecule has 1 atom stereocenters. The van der Waals surface area contributed by atoms with Gasteiger partial charge in [-0.1, -0.05) is 6.92 Å². The Kier molecular flexibility index (Phi) is 3.55. The summed E-state index contributed by atoms with van der Waals surface area (Å²) in [4.78, 5) is 26.6. The van der Waals surface area contributed by atoms with E-state index in [1.54, 1.807) is 16.2 Å². The highest BCUT2D eigenvalue weighted by molar-refractivity contribution is 7.10. The van der Waals surface area contributed by atoms with Crippen LogP contribution in [0, 0.1) is 0 Å². The van der Waals surface area contributed by atoms with Crippen molar-refractivity contribution in [3.05, 3.63) is 45.5 Å². The lowest BCUT2D eigenvalue weighted by atomic mass is 9.97. The molecule has 0 saturated carbocycles. The predicted molar refractivity (Wildman–Crippen MR) is 77.8 cm³/mol. The summed E-state index contributed by atoms with van der Waals surface area (Å²) in [6.45, 7) is 2.68. The van der Waals surface area contributed by atoms with Crippen molar-refractivity contribution in [2.24, 2.45) is 0 Å². The molecule has 3 rings (SSSR count). The molecule has 0 saturated heterocycles. The van der Waals surface area contributed by atoms with Crippen LogP contribution in [-0.2, 0) is 6.42 Å². The van der Waals surface area contributed by atoms with Crippen molar-refractivity contribution < 1.29 is 19.1 Å². The minimum absolute atomic E-state index is 0.000342. The average molecular weight is 305 g/mol. The van der Waals surface area contributed by atoms with Crippen LogP contribution in [0.1, 0.15) is 50.7 Å². The number of amides is 1. The van der Waals surface area contributed by atoms with E-state index in [1.807, 2.05) is 6.92 Å². The molecular weight excluding hydrogens is 290 g/mol. The second-order valence-corrected chi connectivity index (χ2v) is 5.98. The third kappa shape index (κ3) is 2.35. The largest absolute Gasteiger partial charge is 0.478 e. The Bertz CT molecular complexity index is 687. The van der Waals surface area contributed by atoms with Gasteiger partial charge in [0.25, 0.3) is 5.91 Å². The maximum atomic E-state index is 12.6. The summed E-state index contributed by atoms with van der Waals surface area (Å²) in [7, 11) is 0. The van der Waals surface area contributed by atoms with Gasteiger partial charge < -0.3 is 14.4 Å². The van der Waals surface area contributed by atoms with Crippen LogP contribution in [0.5, 0.6) is 0 Å². The molecule has 0 aromatic carbocycles. The van der Waals surface area contributed by atoms with Crippen LogP contribution >= 0.6 is 11.3 Å². The molecule has 1 unspecified atom stereocenters. The van der Waals surface area contributed by atoms with E-state index in [0.29, 0.717) is 6.54 Å². The Morgan fingerprint density at radius 2 is 2.33 bits per heavy atom. The summed E-state index contributed by atoms with van der Waals surface area (Å²) >= 11 is 1.72. The Hall–Kier alpha value is -2.08. The Morgan fingerprint density at radius 3 is 3.00 bits per heavy atom. The van der Waals surface area contributed by atoms with E-state index in [1.165, 1.54) is 16.5 Å². The SMILES string of the molecule is CCC1c2ccsc2CCN1C(=O)c1cc(C(=O)O)co1. The number of hydrogen-bond acceptors (Lipinski definition) is 4. The second kappa shape index (κ2) is 5.37. The van der Waals surface area contributed by atoms with Gasteiger partial charge in [0, 0.05) is 17.5 Å². The first-order valence-corrected chi connectivity index (χ1v) is 7.68. The fourth-order valence-electron chi connectivity index (χ4n) is 2.78. The van der Waals surface area contributed by atoms with Gasteiger partial charge in [-0.15, -0.1) is 11.3 Å². The molecule has 1 N–H and O–H groups in total. The van der Waals surface area contributed by atoms with Crippen LogP contribution in [0.3, 0.4) is 0 Å². The van der Waals surface area contributed by atoms with Crippen molar-refractivity contribution >= 4 is 23.2 Å². The minimum atomic E-state index is -1.09. The number of thiophene rings is 1.